The minimum atomic E-state index is -0.719. The molecule has 1 amide bonds. The Morgan fingerprint density at radius 1 is 1.14 bits per heavy atom. The maximum Gasteiger partial charge on any atom is 0.231 e. The molecule has 1 heterocycles. The van der Waals surface area contributed by atoms with Crippen molar-refractivity contribution in [1.29, 1.82) is 0 Å². The van der Waals surface area contributed by atoms with Gasteiger partial charge in [0.15, 0.2) is 28.8 Å². The molecule has 0 aromatic heterocycles. The fourth-order valence-electron chi connectivity index (χ4n) is 5.70. The largest absolute Gasteiger partial charge is 0.498 e. The van der Waals surface area contributed by atoms with E-state index in [0.717, 1.165) is 5.56 Å². The molecule has 13 heteroatoms. The molecule has 2 aromatic rings. The molecule has 234 valence electrons. The Bertz CT molecular complexity index is 1510. The number of nitrogens with zero attached hydrogens (tertiary/aromatic N) is 3. The van der Waals surface area contributed by atoms with Crippen molar-refractivity contribution >= 4 is 17.4 Å². The fraction of sp³-hybridized carbons (Fsp3) is 0.419. The minimum absolute atomic E-state index is 0.160. The molecule has 13 nitrogen and oxygen atoms in total. The van der Waals surface area contributed by atoms with Crippen LogP contribution in [0.2, 0.25) is 0 Å². The number of hydrogen-bond donors (Lipinski definition) is 1. The maximum absolute atomic E-state index is 14.3. The van der Waals surface area contributed by atoms with Crippen LogP contribution < -0.4 is 24.4 Å². The smallest absolute Gasteiger partial charge is 0.231 e. The van der Waals surface area contributed by atoms with Crippen LogP contribution in [0.25, 0.3) is 10.4 Å². The number of ether oxygens (including phenoxy) is 6. The van der Waals surface area contributed by atoms with Crippen molar-refractivity contribution in [1.82, 2.24) is 0 Å². The summed E-state index contributed by atoms with van der Waals surface area (Å²) < 4.78 is 33.8. The number of fused-ring (bicyclic) bond motifs is 1. The molecular formula is C31H36N4O9. The van der Waals surface area contributed by atoms with Crippen LogP contribution in [-0.2, 0) is 30.3 Å². The number of amides is 1. The SMILES string of the molecule is CONc1cc(C2C(=C(\OC)C(C)OC)/C(=C\CC(=O)N=[N+]=[N-])C(=O)C2CCc2ccc3c(c2)OCO3)cc(OC)c1OC. The van der Waals surface area contributed by atoms with Crippen molar-refractivity contribution in [2.75, 3.05) is 47.8 Å². The number of aryl methyl sites for hydroxylation is 1. The second-order valence-corrected chi connectivity index (χ2v) is 10.0. The van der Waals surface area contributed by atoms with Crippen molar-refractivity contribution < 1.29 is 42.8 Å². The molecule has 1 aliphatic heterocycles. The van der Waals surface area contributed by atoms with Crippen molar-refractivity contribution in [3.63, 3.8) is 0 Å². The second kappa shape index (κ2) is 14.6. The molecule has 0 bridgehead atoms. The van der Waals surface area contributed by atoms with E-state index in [4.69, 9.17) is 38.8 Å². The molecule has 1 saturated carbocycles. The predicted octanol–water partition coefficient (Wildman–Crippen LogP) is 5.41. The monoisotopic (exact) mass is 608 g/mol. The molecule has 1 N–H and O–H groups in total. The van der Waals surface area contributed by atoms with Crippen molar-refractivity contribution in [2.45, 2.75) is 38.2 Å². The number of azide groups is 1. The summed E-state index contributed by atoms with van der Waals surface area (Å²) in [6.45, 7) is 1.97. The highest BCUT2D eigenvalue weighted by atomic mass is 16.7. The van der Waals surface area contributed by atoms with Crippen LogP contribution in [0.3, 0.4) is 0 Å². The molecule has 3 unspecified atom stereocenters. The summed E-state index contributed by atoms with van der Waals surface area (Å²) in [5.41, 5.74) is 14.6. The fourth-order valence-corrected chi connectivity index (χ4v) is 5.70. The van der Waals surface area contributed by atoms with E-state index in [-0.39, 0.29) is 19.0 Å². The number of nitrogens with one attached hydrogen (secondary N) is 1. The van der Waals surface area contributed by atoms with Crippen LogP contribution in [-0.4, -0.2) is 60.1 Å². The maximum atomic E-state index is 14.3. The number of anilines is 1. The lowest BCUT2D eigenvalue weighted by atomic mass is 9.81. The van der Waals surface area contributed by atoms with Gasteiger partial charge in [0.05, 0.1) is 28.4 Å². The zero-order valence-corrected chi connectivity index (χ0v) is 25.5. The number of rotatable bonds is 13. The predicted molar refractivity (Wildman–Crippen MR) is 160 cm³/mol. The number of benzene rings is 2. The lowest BCUT2D eigenvalue weighted by Gasteiger charge is -2.25. The zero-order chi connectivity index (χ0) is 31.8. The lowest BCUT2D eigenvalue weighted by Crippen LogP contribution is -2.18. The molecule has 1 fully saturated rings. The molecule has 3 atom stereocenters. The molecule has 4 rings (SSSR count). The molecule has 2 aliphatic rings. The normalized spacial score (nSPS) is 19.8. The van der Waals surface area contributed by atoms with Gasteiger partial charge in [0.25, 0.3) is 0 Å². The number of carbonyl (C=O) groups excluding carboxylic acids is 2. The third-order valence-corrected chi connectivity index (χ3v) is 7.70. The van der Waals surface area contributed by atoms with Gasteiger partial charge in [-0.3, -0.25) is 19.9 Å². The summed E-state index contributed by atoms with van der Waals surface area (Å²) in [5, 5.41) is 3.17. The van der Waals surface area contributed by atoms with Crippen LogP contribution in [0.5, 0.6) is 23.0 Å². The minimum Gasteiger partial charge on any atom is -0.498 e. The first kappa shape index (κ1) is 32.2. The van der Waals surface area contributed by atoms with E-state index in [2.05, 4.69) is 15.5 Å². The highest BCUT2D eigenvalue weighted by molar-refractivity contribution is 6.07. The van der Waals surface area contributed by atoms with Crippen LogP contribution in [0.15, 0.2) is 58.4 Å². The van der Waals surface area contributed by atoms with Crippen LogP contribution in [0, 0.1) is 5.92 Å². The summed E-state index contributed by atoms with van der Waals surface area (Å²) in [6, 6.07) is 9.34. The van der Waals surface area contributed by atoms with Gasteiger partial charge in [0.1, 0.15) is 17.6 Å². The number of ketones is 1. The van der Waals surface area contributed by atoms with E-state index >= 15 is 0 Å². The Balaban J connectivity index is 1.91. The van der Waals surface area contributed by atoms with Crippen LogP contribution in [0.1, 0.15) is 36.8 Å². The molecule has 2 aromatic carbocycles. The van der Waals surface area contributed by atoms with Gasteiger partial charge >= 0.3 is 0 Å². The van der Waals surface area contributed by atoms with E-state index in [1.165, 1.54) is 34.5 Å². The first-order valence-electron chi connectivity index (χ1n) is 13.9. The van der Waals surface area contributed by atoms with Gasteiger partial charge in [0.2, 0.25) is 12.7 Å². The summed E-state index contributed by atoms with van der Waals surface area (Å²) in [5.74, 6) is 0.539. The summed E-state index contributed by atoms with van der Waals surface area (Å²) in [4.78, 5) is 34.4. The molecule has 44 heavy (non-hydrogen) atoms. The summed E-state index contributed by atoms with van der Waals surface area (Å²) >= 11 is 0. The Hall–Kier alpha value is -4.71. The van der Waals surface area contributed by atoms with Gasteiger partial charge in [-0.15, -0.1) is 0 Å². The van der Waals surface area contributed by atoms with E-state index in [1.54, 1.807) is 7.11 Å². The van der Waals surface area contributed by atoms with Crippen molar-refractivity contribution in [2.24, 2.45) is 11.0 Å². The van der Waals surface area contributed by atoms with Gasteiger partial charge in [-0.25, -0.2) is 0 Å². The molecule has 1 aliphatic carbocycles. The average Bonchev–Trinajstić information content (AvgIpc) is 3.60. The quantitative estimate of drug-likeness (QED) is 0.0778. The van der Waals surface area contributed by atoms with Crippen molar-refractivity contribution in [3.05, 3.63) is 74.9 Å². The highest BCUT2D eigenvalue weighted by Crippen LogP contribution is 2.51. The van der Waals surface area contributed by atoms with E-state index in [9.17, 15) is 9.59 Å². The summed E-state index contributed by atoms with van der Waals surface area (Å²) in [7, 11) is 7.56. The second-order valence-electron chi connectivity index (χ2n) is 10.0. The first-order chi connectivity index (χ1) is 21.3. The zero-order valence-electron chi connectivity index (χ0n) is 25.5. The standard InChI is InChI=1S/C31H36N4O9/c1-17(38-2)30(40-4)28-21(10-12-26(36)33-35-32)29(37)20(9-7-18-8-11-23-24(13-18)44-16-43-23)27(28)19-14-22(34-42-6)31(41-5)25(15-19)39-3/h8,10-11,13-15,17,20,27,34H,7,9,12,16H2,1-6H3/b21-10+,30-28-. The van der Waals surface area contributed by atoms with Gasteiger partial charge in [-0.05, 0) is 65.8 Å². The average molecular weight is 609 g/mol. The summed E-state index contributed by atoms with van der Waals surface area (Å²) in [6.07, 6.45) is 1.68. The van der Waals surface area contributed by atoms with Gasteiger partial charge in [-0.2, -0.15) is 0 Å². The molecular weight excluding hydrogens is 572 g/mol. The highest BCUT2D eigenvalue weighted by Gasteiger charge is 2.46. The van der Waals surface area contributed by atoms with E-state index in [1.807, 2.05) is 37.3 Å². The van der Waals surface area contributed by atoms with Gasteiger partial charge in [-0.1, -0.05) is 12.1 Å². The third kappa shape index (κ3) is 6.60. The third-order valence-electron chi connectivity index (χ3n) is 7.70. The Morgan fingerprint density at radius 3 is 2.57 bits per heavy atom. The molecule has 0 radical (unpaired) electrons. The van der Waals surface area contributed by atoms with Gasteiger partial charge in [0, 0.05) is 41.4 Å². The van der Waals surface area contributed by atoms with Crippen molar-refractivity contribution in [3.8, 4) is 23.0 Å². The Kier molecular flexibility index (Phi) is 10.7. The lowest BCUT2D eigenvalue weighted by molar-refractivity contribution is -0.118. The number of hydrogen-bond acceptors (Lipinski definition) is 10. The number of carbonyl (C=O) groups is 2. The van der Waals surface area contributed by atoms with Crippen LogP contribution >= 0.6 is 0 Å². The Labute approximate surface area is 255 Å². The number of allylic oxidation sites excluding steroid dienone is 2. The van der Waals surface area contributed by atoms with E-state index < -0.39 is 23.8 Å². The first-order valence-corrected chi connectivity index (χ1v) is 13.9. The Morgan fingerprint density at radius 2 is 1.91 bits per heavy atom. The number of methoxy groups -OCH3 is 4. The molecule has 0 saturated heterocycles. The topological polar surface area (TPSA) is 160 Å². The number of Topliss-reactive ketones (excluding diaryl/α,β-unsaturated/α-hetero) is 1. The van der Waals surface area contributed by atoms with Gasteiger partial charge < -0.3 is 28.4 Å². The van der Waals surface area contributed by atoms with Crippen LogP contribution in [0.4, 0.5) is 5.69 Å². The molecule has 0 spiro atoms. The van der Waals surface area contributed by atoms with E-state index in [0.29, 0.717) is 64.0 Å².